The lowest BCUT2D eigenvalue weighted by Gasteiger charge is -2.26. The molecule has 2 N–H and O–H groups in total. The fraction of sp³-hybridized carbons (Fsp3) is 0.345. The number of halogens is 3. The maximum Gasteiger partial charge on any atom is 0.267 e. The van der Waals surface area contributed by atoms with Crippen molar-refractivity contribution < 1.29 is 22.6 Å². The van der Waals surface area contributed by atoms with Gasteiger partial charge in [-0.1, -0.05) is 29.8 Å². The number of benzene rings is 2. The van der Waals surface area contributed by atoms with Gasteiger partial charge in [0.25, 0.3) is 11.8 Å². The van der Waals surface area contributed by atoms with E-state index in [9.17, 15) is 22.6 Å². The molecule has 0 spiro atoms. The van der Waals surface area contributed by atoms with E-state index in [1.807, 2.05) is 12.1 Å². The zero-order valence-electron chi connectivity index (χ0n) is 23.0. The number of hydrogen-bond acceptors (Lipinski definition) is 6. The monoisotopic (exact) mass is 603 g/mol. The van der Waals surface area contributed by atoms with E-state index in [2.05, 4.69) is 20.0 Å². The molecule has 8 nitrogen and oxygen atoms in total. The van der Waals surface area contributed by atoms with Crippen molar-refractivity contribution >= 4 is 44.6 Å². The Kier molecular flexibility index (Phi) is 9.41. The molecule has 4 rings (SSSR count). The Morgan fingerprint density at radius 1 is 1.15 bits per heavy atom. The van der Waals surface area contributed by atoms with Gasteiger partial charge in [0.2, 0.25) is 5.92 Å². The van der Waals surface area contributed by atoms with Gasteiger partial charge in [0, 0.05) is 59.6 Å². The number of nitrogens with one attached hydrogen (secondary N) is 2. The molecule has 0 saturated carbocycles. The molecule has 1 aliphatic heterocycles. The average molecular weight is 604 g/mol. The number of alkyl halides is 2. The second-order valence-corrected chi connectivity index (χ2v) is 12.7. The number of hydrogen-bond donors (Lipinski definition) is 2. The van der Waals surface area contributed by atoms with Gasteiger partial charge >= 0.3 is 0 Å². The summed E-state index contributed by atoms with van der Waals surface area (Å²) < 4.78 is 45.3. The van der Waals surface area contributed by atoms with Crippen LogP contribution in [0.4, 0.5) is 20.3 Å². The normalized spacial score (nSPS) is 16.4. The second-order valence-electron chi connectivity index (χ2n) is 10.00. The maximum atomic E-state index is 14.2. The number of aromatic nitrogens is 1. The van der Waals surface area contributed by atoms with E-state index >= 15 is 0 Å². The number of amides is 2. The summed E-state index contributed by atoms with van der Waals surface area (Å²) in [4.78, 5) is 32.5. The molecule has 41 heavy (non-hydrogen) atoms. The van der Waals surface area contributed by atoms with Crippen molar-refractivity contribution in [1.82, 2.24) is 10.3 Å². The van der Waals surface area contributed by atoms with E-state index in [-0.39, 0.29) is 42.8 Å². The van der Waals surface area contributed by atoms with Gasteiger partial charge in [-0.15, -0.1) is 0 Å². The van der Waals surface area contributed by atoms with E-state index in [0.717, 1.165) is 5.56 Å². The van der Waals surface area contributed by atoms with Gasteiger partial charge in [0.05, 0.1) is 21.8 Å². The van der Waals surface area contributed by atoms with Crippen molar-refractivity contribution in [1.29, 1.82) is 0 Å². The highest BCUT2D eigenvalue weighted by Crippen LogP contribution is 2.35. The van der Waals surface area contributed by atoms with Gasteiger partial charge < -0.3 is 15.5 Å². The zero-order chi connectivity index (χ0) is 29.8. The van der Waals surface area contributed by atoms with Crippen molar-refractivity contribution in [2.45, 2.75) is 37.0 Å². The Morgan fingerprint density at radius 3 is 2.59 bits per heavy atom. The van der Waals surface area contributed by atoms with Crippen LogP contribution in [-0.2, 0) is 14.5 Å². The zero-order valence-corrected chi connectivity index (χ0v) is 24.6. The van der Waals surface area contributed by atoms with Crippen molar-refractivity contribution in [2.24, 2.45) is 4.36 Å². The van der Waals surface area contributed by atoms with Crippen molar-refractivity contribution in [2.75, 3.05) is 43.2 Å². The first-order chi connectivity index (χ1) is 19.4. The molecule has 0 bridgehead atoms. The van der Waals surface area contributed by atoms with Gasteiger partial charge in [-0.25, -0.2) is 18.0 Å². The molecular weight excluding hydrogens is 572 g/mol. The quantitative estimate of drug-likeness (QED) is 0.354. The minimum absolute atomic E-state index is 0.0511. The molecule has 218 valence electrons. The summed E-state index contributed by atoms with van der Waals surface area (Å²) in [6.07, 6.45) is 2.70. The molecule has 1 fully saturated rings. The van der Waals surface area contributed by atoms with Gasteiger partial charge in [0.1, 0.15) is 5.82 Å². The molecule has 2 amide bonds. The Hall–Kier alpha value is -3.41. The molecular formula is C29H32ClF2N5O3S. The number of nitrogens with zero attached hydrogens (tertiary/aromatic N) is 3. The molecule has 0 radical (unpaired) electrons. The van der Waals surface area contributed by atoms with Crippen molar-refractivity contribution in [3.63, 3.8) is 0 Å². The van der Waals surface area contributed by atoms with Crippen LogP contribution in [0.3, 0.4) is 0 Å². The third-order valence-corrected chi connectivity index (χ3v) is 8.78. The number of carbonyl (C=O) groups excluding carboxylic acids is 2. The topological polar surface area (TPSA) is 104 Å². The predicted octanol–water partition coefficient (Wildman–Crippen LogP) is 5.79. The van der Waals surface area contributed by atoms with Gasteiger partial charge in [-0.05, 0) is 61.9 Å². The van der Waals surface area contributed by atoms with E-state index in [1.54, 1.807) is 55.4 Å². The average Bonchev–Trinajstić information content (AvgIpc) is 3.09. The van der Waals surface area contributed by atoms with Crippen LogP contribution in [0.1, 0.15) is 35.2 Å². The van der Waals surface area contributed by atoms with Crippen LogP contribution in [0.25, 0.3) is 11.1 Å². The number of anilines is 2. The third kappa shape index (κ3) is 7.46. The molecule has 1 aliphatic rings. The molecule has 1 aromatic heterocycles. The molecule has 0 aliphatic carbocycles. The predicted molar refractivity (Wildman–Crippen MR) is 159 cm³/mol. The summed E-state index contributed by atoms with van der Waals surface area (Å²) in [6.45, 7) is 2.12. The van der Waals surface area contributed by atoms with E-state index in [4.69, 9.17) is 11.6 Å². The smallest absolute Gasteiger partial charge is 0.267 e. The lowest BCUT2D eigenvalue weighted by Crippen LogP contribution is -2.30. The van der Waals surface area contributed by atoms with Gasteiger partial charge in [0.15, 0.2) is 0 Å². The molecule has 2 aromatic carbocycles. The van der Waals surface area contributed by atoms with Crippen LogP contribution in [0.2, 0.25) is 5.02 Å². The number of pyridine rings is 1. The van der Waals surface area contributed by atoms with Crippen LogP contribution < -0.4 is 15.5 Å². The Labute approximate surface area is 243 Å². The van der Waals surface area contributed by atoms with E-state index in [1.165, 1.54) is 12.3 Å². The number of rotatable bonds is 7. The summed E-state index contributed by atoms with van der Waals surface area (Å²) in [5.74, 6) is -3.51. The minimum atomic E-state index is -3.07. The van der Waals surface area contributed by atoms with Gasteiger partial charge in [-0.3, -0.25) is 9.59 Å². The van der Waals surface area contributed by atoms with Crippen LogP contribution in [0.15, 0.2) is 64.0 Å². The second kappa shape index (κ2) is 12.6. The van der Waals surface area contributed by atoms with Crippen LogP contribution in [-0.4, -0.2) is 59.9 Å². The maximum absolute atomic E-state index is 14.2. The summed E-state index contributed by atoms with van der Waals surface area (Å²) in [6, 6.07) is 13.4. The van der Waals surface area contributed by atoms with Crippen LogP contribution in [0.5, 0.6) is 0 Å². The van der Waals surface area contributed by atoms with E-state index in [0.29, 0.717) is 34.2 Å². The van der Waals surface area contributed by atoms with Crippen LogP contribution in [0, 0.1) is 6.92 Å². The summed E-state index contributed by atoms with van der Waals surface area (Å²) >= 11 is 6.07. The highest BCUT2D eigenvalue weighted by molar-refractivity contribution is 7.93. The molecule has 1 atom stereocenters. The lowest BCUT2D eigenvalue weighted by molar-refractivity contribution is -0.116. The summed E-state index contributed by atoms with van der Waals surface area (Å²) in [7, 11) is -1.48. The number of likely N-dealkylation sites (N-methyl/N-ethyl adjacent to an activating group) is 1. The van der Waals surface area contributed by atoms with Crippen LogP contribution >= 0.6 is 11.6 Å². The first-order valence-electron chi connectivity index (χ1n) is 13.1. The Morgan fingerprint density at radius 2 is 1.88 bits per heavy atom. The fourth-order valence-electron chi connectivity index (χ4n) is 4.73. The highest BCUT2D eigenvalue weighted by atomic mass is 35.5. The molecule has 1 saturated heterocycles. The SMILES string of the molecule is CNCC(=O)N=S(C)(=O)c1cccc(NC(=O)c2c(N3CCCC(F)(F)CC3)ncc(-c3ccc(Cl)cc3)c2C)c1. The van der Waals surface area contributed by atoms with Crippen molar-refractivity contribution in [3.8, 4) is 11.1 Å². The molecule has 2 heterocycles. The molecule has 3 aromatic rings. The Bertz CT molecular complexity index is 1570. The van der Waals surface area contributed by atoms with Gasteiger partial charge in [-0.2, -0.15) is 4.36 Å². The third-order valence-electron chi connectivity index (χ3n) is 6.85. The largest absolute Gasteiger partial charge is 0.356 e. The first kappa shape index (κ1) is 30.5. The number of carbonyl (C=O) groups is 2. The molecule has 12 heteroatoms. The fourth-order valence-corrected chi connectivity index (χ4v) is 6.09. The standard InChI is InChI=1S/C29H32ClF2N5O3S/c1-19-24(20-8-10-21(30)11-9-20)17-34-27(37-14-5-12-29(31,32)13-15-37)26(19)28(39)35-22-6-4-7-23(16-22)41(3,40)36-25(38)18-33-2/h4,6-11,16-17,33H,5,12-15,18H2,1-3H3,(H,35,39). The summed E-state index contributed by atoms with van der Waals surface area (Å²) in [5, 5.41) is 6.09. The van der Waals surface area contributed by atoms with E-state index < -0.39 is 27.5 Å². The summed E-state index contributed by atoms with van der Waals surface area (Å²) in [5.41, 5.74) is 2.70. The molecule has 1 unspecified atom stereocenters. The lowest BCUT2D eigenvalue weighted by atomic mass is 9.97. The van der Waals surface area contributed by atoms with Crippen molar-refractivity contribution in [3.05, 3.63) is 70.9 Å². The minimum Gasteiger partial charge on any atom is -0.356 e. The first-order valence-corrected chi connectivity index (χ1v) is 15.4. The highest BCUT2D eigenvalue weighted by Gasteiger charge is 2.33. The Balaban J connectivity index is 1.74.